The van der Waals surface area contributed by atoms with Crippen LogP contribution in [0.1, 0.15) is 18.4 Å². The summed E-state index contributed by atoms with van der Waals surface area (Å²) in [5, 5.41) is 16.2. The number of aliphatic hydroxyl groups is 1. The maximum atomic E-state index is 11.9. The van der Waals surface area contributed by atoms with Crippen molar-refractivity contribution in [3.8, 4) is 5.69 Å². The Morgan fingerprint density at radius 3 is 2.81 bits per heavy atom. The van der Waals surface area contributed by atoms with Crippen LogP contribution in [0.15, 0.2) is 59.5 Å². The maximum absolute atomic E-state index is 11.9. The molecule has 4 rings (SSSR count). The second kappa shape index (κ2) is 7.40. The first-order valence-electron chi connectivity index (χ1n) is 9.17. The second-order valence-corrected chi connectivity index (χ2v) is 6.99. The van der Waals surface area contributed by atoms with Crippen molar-refractivity contribution in [1.82, 2.24) is 14.7 Å². The van der Waals surface area contributed by atoms with Crippen molar-refractivity contribution in [2.24, 2.45) is 0 Å². The van der Waals surface area contributed by atoms with Gasteiger partial charge in [0.15, 0.2) is 0 Å². The van der Waals surface area contributed by atoms with Crippen molar-refractivity contribution in [2.45, 2.75) is 25.4 Å². The summed E-state index contributed by atoms with van der Waals surface area (Å²) in [5.41, 5.74) is 1.94. The predicted octanol–water partition coefficient (Wildman–Crippen LogP) is 2.38. The average Bonchev–Trinajstić information content (AvgIpc) is 2.66. The van der Waals surface area contributed by atoms with Gasteiger partial charge in [0, 0.05) is 25.4 Å². The van der Waals surface area contributed by atoms with E-state index in [1.165, 1.54) is 16.3 Å². The first-order chi connectivity index (χ1) is 12.7. The van der Waals surface area contributed by atoms with Crippen LogP contribution in [0.5, 0.6) is 0 Å². The summed E-state index contributed by atoms with van der Waals surface area (Å²) in [6.07, 6.45) is 4.42. The highest BCUT2D eigenvalue weighted by molar-refractivity contribution is 5.85. The molecule has 2 aromatic carbocycles. The van der Waals surface area contributed by atoms with E-state index >= 15 is 0 Å². The molecule has 1 aliphatic rings. The van der Waals surface area contributed by atoms with E-state index in [1.54, 1.807) is 12.3 Å². The van der Waals surface area contributed by atoms with Crippen molar-refractivity contribution in [3.05, 3.63) is 70.6 Å². The Labute approximate surface area is 152 Å². The lowest BCUT2D eigenvalue weighted by atomic mass is 10.0. The van der Waals surface area contributed by atoms with Crippen LogP contribution in [-0.4, -0.2) is 45.5 Å². The zero-order valence-electron chi connectivity index (χ0n) is 14.7. The van der Waals surface area contributed by atoms with Gasteiger partial charge in [-0.3, -0.25) is 4.79 Å². The lowest BCUT2D eigenvalue weighted by molar-refractivity contribution is 0.0714. The summed E-state index contributed by atoms with van der Waals surface area (Å²) in [4.78, 5) is 14.3. The fourth-order valence-electron chi connectivity index (χ4n) is 3.64. The number of aliphatic hydroxyl groups excluding tert-OH is 1. The Morgan fingerprint density at radius 2 is 1.96 bits per heavy atom. The van der Waals surface area contributed by atoms with E-state index in [2.05, 4.69) is 28.2 Å². The molecular formula is C21H23N3O2. The Kier molecular flexibility index (Phi) is 4.82. The third-order valence-corrected chi connectivity index (χ3v) is 5.05. The van der Waals surface area contributed by atoms with Crippen LogP contribution in [0.25, 0.3) is 16.5 Å². The molecule has 5 nitrogen and oxygen atoms in total. The van der Waals surface area contributed by atoms with Crippen LogP contribution in [0, 0.1) is 0 Å². The van der Waals surface area contributed by atoms with Gasteiger partial charge in [-0.25, -0.2) is 0 Å². The predicted molar refractivity (Wildman–Crippen MR) is 103 cm³/mol. The Bertz CT molecular complexity index is 967. The SMILES string of the molecule is O=c1cccnn1-c1ccc2cc(CCN3CCC[C@@H](O)C3)ccc2c1. The molecule has 5 heteroatoms. The van der Waals surface area contributed by atoms with Crippen LogP contribution in [0.2, 0.25) is 0 Å². The lowest BCUT2D eigenvalue weighted by Crippen LogP contribution is -2.39. The normalized spacial score (nSPS) is 18.3. The topological polar surface area (TPSA) is 58.4 Å². The summed E-state index contributed by atoms with van der Waals surface area (Å²) in [6, 6.07) is 15.6. The minimum absolute atomic E-state index is 0.132. The number of nitrogens with zero attached hydrogens (tertiary/aromatic N) is 3. The molecule has 1 aliphatic heterocycles. The smallest absolute Gasteiger partial charge is 0.271 e. The molecule has 0 bridgehead atoms. The van der Waals surface area contributed by atoms with E-state index in [1.807, 2.05) is 18.2 Å². The molecule has 1 aromatic heterocycles. The number of β-amino-alcohol motifs (C(OH)–C–C–N with tert-alkyl or cyclic N) is 1. The van der Waals surface area contributed by atoms with Crippen LogP contribution >= 0.6 is 0 Å². The molecule has 3 aromatic rings. The Balaban J connectivity index is 1.52. The molecule has 0 spiro atoms. The first-order valence-corrected chi connectivity index (χ1v) is 9.17. The summed E-state index contributed by atoms with van der Waals surface area (Å²) >= 11 is 0. The van der Waals surface area contributed by atoms with Crippen molar-refractivity contribution in [3.63, 3.8) is 0 Å². The molecular weight excluding hydrogens is 326 g/mol. The number of rotatable bonds is 4. The highest BCUT2D eigenvalue weighted by Crippen LogP contribution is 2.20. The number of hydrogen-bond acceptors (Lipinski definition) is 4. The van der Waals surface area contributed by atoms with Gasteiger partial charge >= 0.3 is 0 Å². The van der Waals surface area contributed by atoms with Crippen LogP contribution < -0.4 is 5.56 Å². The van der Waals surface area contributed by atoms with Gasteiger partial charge in [0.25, 0.3) is 5.56 Å². The van der Waals surface area contributed by atoms with E-state index in [9.17, 15) is 9.90 Å². The van der Waals surface area contributed by atoms with Crippen molar-refractivity contribution < 1.29 is 5.11 Å². The third-order valence-electron chi connectivity index (χ3n) is 5.05. The number of fused-ring (bicyclic) bond motifs is 1. The lowest BCUT2D eigenvalue weighted by Gasteiger charge is -2.29. The van der Waals surface area contributed by atoms with E-state index in [-0.39, 0.29) is 11.7 Å². The van der Waals surface area contributed by atoms with Gasteiger partial charge in [-0.1, -0.05) is 24.3 Å². The number of benzene rings is 2. The van der Waals surface area contributed by atoms with Crippen molar-refractivity contribution in [1.29, 1.82) is 0 Å². The minimum atomic E-state index is -0.172. The highest BCUT2D eigenvalue weighted by Gasteiger charge is 2.17. The van der Waals surface area contributed by atoms with Crippen LogP contribution in [-0.2, 0) is 6.42 Å². The maximum Gasteiger partial charge on any atom is 0.271 e. The van der Waals surface area contributed by atoms with Crippen molar-refractivity contribution >= 4 is 10.8 Å². The van der Waals surface area contributed by atoms with Gasteiger partial charge in [0.05, 0.1) is 11.8 Å². The Morgan fingerprint density at radius 1 is 1.12 bits per heavy atom. The summed E-state index contributed by atoms with van der Waals surface area (Å²) in [7, 11) is 0. The van der Waals surface area contributed by atoms with Crippen LogP contribution in [0.4, 0.5) is 0 Å². The van der Waals surface area contributed by atoms with E-state index in [0.29, 0.717) is 0 Å². The zero-order chi connectivity index (χ0) is 17.9. The fourth-order valence-corrected chi connectivity index (χ4v) is 3.64. The molecule has 2 heterocycles. The Hall–Kier alpha value is -2.50. The molecule has 1 saturated heterocycles. The van der Waals surface area contributed by atoms with E-state index in [0.717, 1.165) is 55.4 Å². The van der Waals surface area contributed by atoms with Gasteiger partial charge in [-0.05, 0) is 60.3 Å². The fraction of sp³-hybridized carbons (Fsp3) is 0.333. The molecule has 26 heavy (non-hydrogen) atoms. The molecule has 0 radical (unpaired) electrons. The average molecular weight is 349 g/mol. The number of piperidine rings is 1. The summed E-state index contributed by atoms with van der Waals surface area (Å²) in [5.74, 6) is 0. The molecule has 0 aliphatic carbocycles. The highest BCUT2D eigenvalue weighted by atomic mass is 16.3. The molecule has 0 amide bonds. The molecule has 1 N–H and O–H groups in total. The van der Waals surface area contributed by atoms with E-state index < -0.39 is 0 Å². The quantitative estimate of drug-likeness (QED) is 0.786. The van der Waals surface area contributed by atoms with Gasteiger partial charge in [0.1, 0.15) is 0 Å². The summed E-state index contributed by atoms with van der Waals surface area (Å²) < 4.78 is 1.41. The number of likely N-dealkylation sites (tertiary alicyclic amines) is 1. The second-order valence-electron chi connectivity index (χ2n) is 6.99. The largest absolute Gasteiger partial charge is 0.392 e. The van der Waals surface area contributed by atoms with Crippen LogP contribution in [0.3, 0.4) is 0 Å². The molecule has 134 valence electrons. The number of aromatic nitrogens is 2. The minimum Gasteiger partial charge on any atom is -0.392 e. The van der Waals surface area contributed by atoms with Crippen molar-refractivity contribution in [2.75, 3.05) is 19.6 Å². The standard InChI is InChI=1S/C21H23N3O2/c25-20-3-2-11-23(15-20)12-9-16-5-6-18-14-19(8-7-17(18)13-16)24-21(26)4-1-10-22-24/h1,4-8,10,13-14,20,25H,2-3,9,11-12,15H2/t20-/m1/s1. The number of hydrogen-bond donors (Lipinski definition) is 1. The molecule has 0 saturated carbocycles. The molecule has 0 unspecified atom stereocenters. The molecule has 1 atom stereocenters. The zero-order valence-corrected chi connectivity index (χ0v) is 14.7. The summed E-state index contributed by atoms with van der Waals surface area (Å²) in [6.45, 7) is 2.84. The molecule has 1 fully saturated rings. The van der Waals surface area contributed by atoms with Gasteiger partial charge in [-0.15, -0.1) is 0 Å². The van der Waals surface area contributed by atoms with Gasteiger partial charge in [-0.2, -0.15) is 9.78 Å². The van der Waals surface area contributed by atoms with Gasteiger partial charge in [0.2, 0.25) is 0 Å². The monoisotopic (exact) mass is 349 g/mol. The third kappa shape index (κ3) is 3.69. The van der Waals surface area contributed by atoms with Gasteiger partial charge < -0.3 is 10.0 Å². The van der Waals surface area contributed by atoms with E-state index in [4.69, 9.17) is 0 Å². The first kappa shape index (κ1) is 16.9.